The van der Waals surface area contributed by atoms with Crippen LogP contribution < -0.4 is 4.74 Å². The number of nitrogens with zero attached hydrogens (tertiary/aromatic N) is 2. The molecule has 2 fully saturated rings. The summed E-state index contributed by atoms with van der Waals surface area (Å²) < 4.78 is 5.33. The second-order valence-corrected chi connectivity index (χ2v) is 6.41. The Hall–Kier alpha value is -1.88. The molecule has 1 heterocycles. The molecule has 0 radical (unpaired) electrons. The number of hydrogen-bond donors (Lipinski definition) is 0. The first-order valence-corrected chi connectivity index (χ1v) is 8.28. The number of methoxy groups -OCH3 is 1. The standard InChI is InChI=1S/C18H24N2O3/c1-13(21)14-3-6-17(23-2)15(11-14)12-18(22)20-9-7-19(8-10-20)16-4-5-16/h3,6,11,16H,4-5,7-10,12H2,1-2H3. The van der Waals surface area contributed by atoms with Gasteiger partial charge in [0.25, 0.3) is 0 Å². The number of hydrogen-bond acceptors (Lipinski definition) is 4. The van der Waals surface area contributed by atoms with E-state index in [1.807, 2.05) is 4.90 Å². The van der Waals surface area contributed by atoms with Gasteiger partial charge in [-0.3, -0.25) is 14.5 Å². The summed E-state index contributed by atoms with van der Waals surface area (Å²) in [5.74, 6) is 0.777. The lowest BCUT2D eigenvalue weighted by Crippen LogP contribution is -2.49. The smallest absolute Gasteiger partial charge is 0.227 e. The van der Waals surface area contributed by atoms with Crippen LogP contribution in [0.3, 0.4) is 0 Å². The molecule has 0 spiro atoms. The lowest BCUT2D eigenvalue weighted by atomic mass is 10.0. The zero-order valence-electron chi connectivity index (χ0n) is 13.9. The predicted octanol–water partition coefficient (Wildman–Crippen LogP) is 1.75. The number of carbonyl (C=O) groups is 2. The summed E-state index contributed by atoms with van der Waals surface area (Å²) in [6, 6.07) is 6.05. The van der Waals surface area contributed by atoms with Gasteiger partial charge in [-0.25, -0.2) is 0 Å². The maximum Gasteiger partial charge on any atom is 0.227 e. The van der Waals surface area contributed by atoms with E-state index in [2.05, 4.69) is 4.90 Å². The molecule has 0 N–H and O–H groups in total. The third-order valence-electron chi connectivity index (χ3n) is 4.76. The van der Waals surface area contributed by atoms with Crippen LogP contribution in [0.2, 0.25) is 0 Å². The van der Waals surface area contributed by atoms with Crippen molar-refractivity contribution >= 4 is 11.7 Å². The number of ketones is 1. The summed E-state index contributed by atoms with van der Waals surface area (Å²) in [6.45, 7) is 5.07. The lowest BCUT2D eigenvalue weighted by molar-refractivity contribution is -0.132. The van der Waals surface area contributed by atoms with Gasteiger partial charge in [-0.2, -0.15) is 0 Å². The zero-order valence-corrected chi connectivity index (χ0v) is 13.9. The molecule has 5 heteroatoms. The maximum absolute atomic E-state index is 12.6. The van der Waals surface area contributed by atoms with Crippen LogP contribution in [0.5, 0.6) is 5.75 Å². The SMILES string of the molecule is COc1ccc(C(C)=O)cc1CC(=O)N1CCN(C2CC2)CC1. The van der Waals surface area contributed by atoms with E-state index in [4.69, 9.17) is 4.74 Å². The van der Waals surface area contributed by atoms with Crippen LogP contribution in [0.1, 0.15) is 35.7 Å². The fourth-order valence-electron chi connectivity index (χ4n) is 3.19. The minimum Gasteiger partial charge on any atom is -0.496 e. The quantitative estimate of drug-likeness (QED) is 0.777. The van der Waals surface area contributed by atoms with E-state index in [0.29, 0.717) is 11.3 Å². The Labute approximate surface area is 137 Å². The Bertz CT molecular complexity index is 602. The Kier molecular flexibility index (Phi) is 4.66. The first-order chi connectivity index (χ1) is 11.1. The summed E-state index contributed by atoms with van der Waals surface area (Å²) in [5, 5.41) is 0. The van der Waals surface area contributed by atoms with Crippen LogP contribution in [-0.4, -0.2) is 60.8 Å². The molecule has 0 aromatic heterocycles. The molecule has 0 bridgehead atoms. The average Bonchev–Trinajstić information content (AvgIpc) is 3.39. The van der Waals surface area contributed by atoms with Crippen molar-refractivity contribution in [2.75, 3.05) is 33.3 Å². The molecule has 1 saturated heterocycles. The number of Topliss-reactive ketones (excluding diaryl/α,β-unsaturated/α-hetero) is 1. The summed E-state index contributed by atoms with van der Waals surface area (Å²) >= 11 is 0. The molecule has 5 nitrogen and oxygen atoms in total. The molecule has 1 aliphatic carbocycles. The fourth-order valence-corrected chi connectivity index (χ4v) is 3.19. The number of amides is 1. The van der Waals surface area contributed by atoms with Crippen LogP contribution in [0, 0.1) is 0 Å². The molecule has 3 rings (SSSR count). The summed E-state index contributed by atoms with van der Waals surface area (Å²) in [7, 11) is 1.59. The third kappa shape index (κ3) is 3.72. The minimum absolute atomic E-state index is 0.000556. The number of ether oxygens (including phenoxy) is 1. The zero-order chi connectivity index (χ0) is 16.4. The van der Waals surface area contributed by atoms with Gasteiger partial charge in [0.1, 0.15) is 5.75 Å². The number of piperazine rings is 1. The first kappa shape index (κ1) is 16.0. The van der Waals surface area contributed by atoms with Crippen LogP contribution in [0.25, 0.3) is 0 Å². The summed E-state index contributed by atoms with van der Waals surface area (Å²) in [5.41, 5.74) is 1.40. The number of rotatable bonds is 5. The van der Waals surface area contributed by atoms with Crippen LogP contribution >= 0.6 is 0 Å². The molecule has 124 valence electrons. The van der Waals surface area contributed by atoms with Gasteiger partial charge in [-0.15, -0.1) is 0 Å². The van der Waals surface area contributed by atoms with E-state index in [0.717, 1.165) is 37.8 Å². The second kappa shape index (κ2) is 6.71. The Morgan fingerprint density at radius 3 is 2.43 bits per heavy atom. The molecule has 0 atom stereocenters. The summed E-state index contributed by atoms with van der Waals surface area (Å²) in [6.07, 6.45) is 2.90. The van der Waals surface area contributed by atoms with Gasteiger partial charge in [0.2, 0.25) is 5.91 Å². The molecule has 1 aromatic rings. The molecule has 1 saturated carbocycles. The Morgan fingerprint density at radius 2 is 1.87 bits per heavy atom. The topological polar surface area (TPSA) is 49.9 Å². The molecular weight excluding hydrogens is 292 g/mol. The van der Waals surface area contributed by atoms with Crippen molar-refractivity contribution in [3.05, 3.63) is 29.3 Å². The molecule has 2 aliphatic rings. The monoisotopic (exact) mass is 316 g/mol. The minimum atomic E-state index is -0.000556. The third-order valence-corrected chi connectivity index (χ3v) is 4.76. The largest absolute Gasteiger partial charge is 0.496 e. The maximum atomic E-state index is 12.6. The normalized spacial score (nSPS) is 18.8. The summed E-state index contributed by atoms with van der Waals surface area (Å²) in [4.78, 5) is 28.5. The van der Waals surface area contributed by atoms with Crippen molar-refractivity contribution in [1.82, 2.24) is 9.80 Å². The van der Waals surface area contributed by atoms with E-state index in [1.54, 1.807) is 25.3 Å². The van der Waals surface area contributed by atoms with Gasteiger partial charge in [0, 0.05) is 43.3 Å². The highest BCUT2D eigenvalue weighted by Crippen LogP contribution is 2.28. The highest BCUT2D eigenvalue weighted by Gasteiger charge is 2.32. The molecule has 23 heavy (non-hydrogen) atoms. The van der Waals surface area contributed by atoms with Gasteiger partial charge in [0.15, 0.2) is 5.78 Å². The van der Waals surface area contributed by atoms with Crippen molar-refractivity contribution in [3.8, 4) is 5.75 Å². The molecular formula is C18H24N2O3. The number of carbonyl (C=O) groups excluding carboxylic acids is 2. The van der Waals surface area contributed by atoms with Crippen molar-refractivity contribution < 1.29 is 14.3 Å². The predicted molar refractivity (Wildman–Crippen MR) is 87.9 cm³/mol. The van der Waals surface area contributed by atoms with E-state index >= 15 is 0 Å². The van der Waals surface area contributed by atoms with Crippen LogP contribution in [-0.2, 0) is 11.2 Å². The lowest BCUT2D eigenvalue weighted by Gasteiger charge is -2.35. The molecule has 1 aromatic carbocycles. The van der Waals surface area contributed by atoms with E-state index in [9.17, 15) is 9.59 Å². The van der Waals surface area contributed by atoms with E-state index in [1.165, 1.54) is 19.8 Å². The van der Waals surface area contributed by atoms with E-state index in [-0.39, 0.29) is 18.1 Å². The van der Waals surface area contributed by atoms with Gasteiger partial charge in [-0.1, -0.05) is 0 Å². The molecule has 1 amide bonds. The Morgan fingerprint density at radius 1 is 1.17 bits per heavy atom. The first-order valence-electron chi connectivity index (χ1n) is 8.28. The van der Waals surface area contributed by atoms with Crippen molar-refractivity contribution in [3.63, 3.8) is 0 Å². The van der Waals surface area contributed by atoms with Gasteiger partial charge < -0.3 is 9.64 Å². The molecule has 0 unspecified atom stereocenters. The highest BCUT2D eigenvalue weighted by atomic mass is 16.5. The van der Waals surface area contributed by atoms with Gasteiger partial charge in [-0.05, 0) is 38.0 Å². The highest BCUT2D eigenvalue weighted by molar-refractivity contribution is 5.94. The van der Waals surface area contributed by atoms with E-state index < -0.39 is 0 Å². The van der Waals surface area contributed by atoms with Crippen molar-refractivity contribution in [2.24, 2.45) is 0 Å². The van der Waals surface area contributed by atoms with Crippen molar-refractivity contribution in [1.29, 1.82) is 0 Å². The molecule has 1 aliphatic heterocycles. The number of benzene rings is 1. The Balaban J connectivity index is 1.65. The van der Waals surface area contributed by atoms with Crippen molar-refractivity contribution in [2.45, 2.75) is 32.2 Å². The van der Waals surface area contributed by atoms with Gasteiger partial charge >= 0.3 is 0 Å². The van der Waals surface area contributed by atoms with Crippen LogP contribution in [0.15, 0.2) is 18.2 Å². The van der Waals surface area contributed by atoms with Crippen LogP contribution in [0.4, 0.5) is 0 Å². The van der Waals surface area contributed by atoms with Gasteiger partial charge in [0.05, 0.1) is 13.5 Å². The fraction of sp³-hybridized carbons (Fsp3) is 0.556. The average molecular weight is 316 g/mol. The second-order valence-electron chi connectivity index (χ2n) is 6.41.